The van der Waals surface area contributed by atoms with Gasteiger partial charge >= 0.3 is 5.97 Å². The van der Waals surface area contributed by atoms with Crippen LogP contribution < -0.4 is 5.43 Å². The van der Waals surface area contributed by atoms with Gasteiger partial charge in [-0.15, -0.1) is 10.2 Å². The van der Waals surface area contributed by atoms with Crippen LogP contribution in [0.4, 0.5) is 0 Å². The number of benzene rings is 2. The summed E-state index contributed by atoms with van der Waals surface area (Å²) in [4.78, 5) is 24.6. The molecule has 1 amide bonds. The molecule has 0 aliphatic rings. The van der Waals surface area contributed by atoms with Crippen molar-refractivity contribution in [3.05, 3.63) is 78.1 Å². The van der Waals surface area contributed by atoms with E-state index in [0.717, 1.165) is 5.56 Å². The molecule has 2 aromatic heterocycles. The van der Waals surface area contributed by atoms with Crippen LogP contribution in [-0.2, 0) is 11.3 Å². The van der Waals surface area contributed by atoms with Crippen molar-refractivity contribution in [3.63, 3.8) is 0 Å². The molecule has 0 aliphatic carbocycles. The predicted molar refractivity (Wildman–Crippen MR) is 110 cm³/mol. The third-order valence-corrected chi connectivity index (χ3v) is 4.20. The van der Waals surface area contributed by atoms with E-state index in [1.54, 1.807) is 30.3 Å². The average Bonchev–Trinajstić information content (AvgIpc) is 3.44. The first-order valence-electron chi connectivity index (χ1n) is 9.18. The number of carbonyl (C=O) groups is 2. The summed E-state index contributed by atoms with van der Waals surface area (Å²) < 4.78 is 5.61. The van der Waals surface area contributed by atoms with Crippen molar-refractivity contribution in [1.82, 2.24) is 25.6 Å². The van der Waals surface area contributed by atoms with Gasteiger partial charge in [0.25, 0.3) is 5.91 Å². The minimum atomic E-state index is -1.05. The quantitative estimate of drug-likeness (QED) is 0.349. The van der Waals surface area contributed by atoms with Crippen molar-refractivity contribution in [3.8, 4) is 22.7 Å². The van der Waals surface area contributed by atoms with E-state index >= 15 is 0 Å². The van der Waals surface area contributed by atoms with Crippen LogP contribution in [0.1, 0.15) is 16.1 Å². The van der Waals surface area contributed by atoms with E-state index < -0.39 is 11.9 Å². The fraction of sp³-hybridized carbons (Fsp3) is 0.0476. The number of amides is 1. The van der Waals surface area contributed by atoms with Crippen LogP contribution in [0, 0.1) is 0 Å². The van der Waals surface area contributed by atoms with Crippen LogP contribution in [0.3, 0.4) is 0 Å². The van der Waals surface area contributed by atoms with Gasteiger partial charge in [-0.1, -0.05) is 48.5 Å². The number of tetrazole rings is 1. The average molecular weight is 416 g/mol. The van der Waals surface area contributed by atoms with Crippen LogP contribution in [0.15, 0.2) is 76.2 Å². The molecule has 0 unspecified atom stereocenters. The van der Waals surface area contributed by atoms with E-state index in [-0.39, 0.29) is 12.1 Å². The summed E-state index contributed by atoms with van der Waals surface area (Å²) in [6.07, 6.45) is 1.31. The summed E-state index contributed by atoms with van der Waals surface area (Å²) in [6, 6.07) is 19.1. The fourth-order valence-corrected chi connectivity index (χ4v) is 2.80. The zero-order chi connectivity index (χ0) is 21.6. The van der Waals surface area contributed by atoms with E-state index in [1.165, 1.54) is 17.1 Å². The lowest BCUT2D eigenvalue weighted by Crippen LogP contribution is -2.24. The van der Waals surface area contributed by atoms with Crippen molar-refractivity contribution >= 4 is 18.1 Å². The number of rotatable bonds is 7. The highest BCUT2D eigenvalue weighted by atomic mass is 16.4. The van der Waals surface area contributed by atoms with Gasteiger partial charge in [0.1, 0.15) is 18.1 Å². The van der Waals surface area contributed by atoms with E-state index in [2.05, 4.69) is 25.9 Å². The lowest BCUT2D eigenvalue weighted by molar-refractivity contribution is -0.122. The summed E-state index contributed by atoms with van der Waals surface area (Å²) in [7, 11) is 0. The van der Waals surface area contributed by atoms with E-state index in [1.807, 2.05) is 30.3 Å². The second-order valence-corrected chi connectivity index (χ2v) is 6.36. The first-order valence-corrected chi connectivity index (χ1v) is 9.18. The Morgan fingerprint density at radius 2 is 1.84 bits per heavy atom. The van der Waals surface area contributed by atoms with Gasteiger partial charge in [0.15, 0.2) is 0 Å². The topological polar surface area (TPSA) is 136 Å². The summed E-state index contributed by atoms with van der Waals surface area (Å²) in [5, 5.41) is 25.1. The Morgan fingerprint density at radius 1 is 1.06 bits per heavy atom. The molecule has 2 aromatic carbocycles. The summed E-state index contributed by atoms with van der Waals surface area (Å²) in [5.74, 6) is -0.351. The highest BCUT2D eigenvalue weighted by Gasteiger charge is 2.13. The highest BCUT2D eigenvalue weighted by molar-refractivity contribution is 5.95. The Bertz CT molecular complexity index is 1250. The number of hydrogen-bond donors (Lipinski definition) is 2. The zero-order valence-corrected chi connectivity index (χ0v) is 16.0. The van der Waals surface area contributed by atoms with Gasteiger partial charge in [-0.25, -0.2) is 10.2 Å². The van der Waals surface area contributed by atoms with Crippen LogP contribution in [0.5, 0.6) is 0 Å². The maximum Gasteiger partial charge on any atom is 0.336 e. The third kappa shape index (κ3) is 4.70. The maximum atomic E-state index is 12.0. The Labute approximate surface area is 175 Å². The number of nitrogens with one attached hydrogen (secondary N) is 1. The standard InChI is InChI=1S/C21H16N6O4/c28-19(13-27-25-20(24-26-27)14-6-2-1-3-7-14)23-22-12-15-10-11-18(31-15)16-8-4-5-9-17(16)21(29)30/h1-12H,13H2,(H,23,28)(H,29,30)/b22-12-. The van der Waals surface area contributed by atoms with Crippen molar-refractivity contribution in [1.29, 1.82) is 0 Å². The number of aromatic carboxylic acids is 1. The minimum Gasteiger partial charge on any atom is -0.478 e. The molecule has 0 radical (unpaired) electrons. The van der Waals surface area contributed by atoms with Gasteiger partial charge in [0.2, 0.25) is 5.82 Å². The van der Waals surface area contributed by atoms with Gasteiger partial charge in [-0.3, -0.25) is 4.79 Å². The molecule has 0 saturated heterocycles. The van der Waals surface area contributed by atoms with Gasteiger partial charge in [-0.2, -0.15) is 9.90 Å². The molecule has 2 N–H and O–H groups in total. The number of nitrogens with zero attached hydrogens (tertiary/aromatic N) is 5. The second-order valence-electron chi connectivity index (χ2n) is 6.36. The Morgan fingerprint density at radius 3 is 2.65 bits per heavy atom. The van der Waals surface area contributed by atoms with Crippen LogP contribution in [0.2, 0.25) is 0 Å². The molecule has 2 heterocycles. The molecule has 0 bridgehead atoms. The molecule has 10 heteroatoms. The molecule has 4 rings (SSSR count). The molecular formula is C21H16N6O4. The normalized spacial score (nSPS) is 11.0. The van der Waals surface area contributed by atoms with Crippen molar-refractivity contribution in [2.75, 3.05) is 0 Å². The largest absolute Gasteiger partial charge is 0.478 e. The molecule has 0 fully saturated rings. The molecule has 0 saturated carbocycles. The summed E-state index contributed by atoms with van der Waals surface area (Å²) in [5.41, 5.74) is 3.73. The summed E-state index contributed by atoms with van der Waals surface area (Å²) in [6.45, 7) is -0.160. The highest BCUT2D eigenvalue weighted by Crippen LogP contribution is 2.25. The molecule has 31 heavy (non-hydrogen) atoms. The van der Waals surface area contributed by atoms with Gasteiger partial charge in [0, 0.05) is 11.1 Å². The molecule has 4 aromatic rings. The van der Waals surface area contributed by atoms with Crippen LogP contribution in [-0.4, -0.2) is 43.4 Å². The Hall–Kier alpha value is -4.60. The number of aromatic nitrogens is 4. The lowest BCUT2D eigenvalue weighted by atomic mass is 10.1. The molecule has 0 atom stereocenters. The van der Waals surface area contributed by atoms with Crippen LogP contribution in [0.25, 0.3) is 22.7 Å². The van der Waals surface area contributed by atoms with Crippen molar-refractivity contribution in [2.24, 2.45) is 5.10 Å². The second kappa shape index (κ2) is 8.82. The fourth-order valence-electron chi connectivity index (χ4n) is 2.80. The number of hydrogen-bond acceptors (Lipinski definition) is 7. The van der Waals surface area contributed by atoms with Gasteiger partial charge in [0.05, 0.1) is 11.8 Å². The van der Waals surface area contributed by atoms with Crippen molar-refractivity contribution < 1.29 is 19.1 Å². The number of hydrazone groups is 1. The smallest absolute Gasteiger partial charge is 0.336 e. The molecule has 10 nitrogen and oxygen atoms in total. The monoisotopic (exact) mass is 416 g/mol. The van der Waals surface area contributed by atoms with Gasteiger partial charge in [-0.05, 0) is 23.4 Å². The summed E-state index contributed by atoms with van der Waals surface area (Å²) >= 11 is 0. The molecule has 154 valence electrons. The number of carboxylic acid groups (broad SMARTS) is 1. The number of furan rings is 1. The van der Waals surface area contributed by atoms with Gasteiger partial charge < -0.3 is 9.52 Å². The molecule has 0 spiro atoms. The number of carbonyl (C=O) groups excluding carboxylic acids is 1. The van der Waals surface area contributed by atoms with E-state index in [4.69, 9.17) is 4.42 Å². The lowest BCUT2D eigenvalue weighted by Gasteiger charge is -2.01. The Kier molecular flexibility index (Phi) is 5.61. The first-order chi connectivity index (χ1) is 15.1. The number of carboxylic acids is 1. The zero-order valence-electron chi connectivity index (χ0n) is 16.0. The third-order valence-electron chi connectivity index (χ3n) is 4.20. The molecule has 0 aliphatic heterocycles. The maximum absolute atomic E-state index is 12.0. The minimum absolute atomic E-state index is 0.129. The van der Waals surface area contributed by atoms with Crippen molar-refractivity contribution in [2.45, 2.75) is 6.54 Å². The Balaban J connectivity index is 1.36. The molecular weight excluding hydrogens is 400 g/mol. The first kappa shape index (κ1) is 19.7. The van der Waals surface area contributed by atoms with E-state index in [0.29, 0.717) is 22.9 Å². The SMILES string of the molecule is O=C(Cn1nnc(-c2ccccc2)n1)N/N=C\c1ccc(-c2ccccc2C(=O)O)o1. The van der Waals surface area contributed by atoms with E-state index in [9.17, 15) is 14.7 Å². The predicted octanol–water partition coefficient (Wildman–Crippen LogP) is 2.45. The van der Waals surface area contributed by atoms with Crippen LogP contribution >= 0.6 is 0 Å².